The van der Waals surface area contributed by atoms with Gasteiger partial charge in [0.1, 0.15) is 0 Å². The summed E-state index contributed by atoms with van der Waals surface area (Å²) in [7, 11) is 0. The van der Waals surface area contributed by atoms with Crippen molar-refractivity contribution in [3.8, 4) is 0 Å². The summed E-state index contributed by atoms with van der Waals surface area (Å²) in [6, 6.07) is 2.61. The second kappa shape index (κ2) is 7.98. The highest BCUT2D eigenvalue weighted by molar-refractivity contribution is 5.16. The van der Waals surface area contributed by atoms with E-state index in [1.807, 2.05) is 0 Å². The Balaban J connectivity index is 2.00. The monoisotopic (exact) mass is 290 g/mol. The molecule has 2 aromatic heterocycles. The van der Waals surface area contributed by atoms with E-state index in [-0.39, 0.29) is 0 Å². The topological polar surface area (TPSA) is 55.9 Å². The Bertz CT molecular complexity index is 526. The Morgan fingerprint density at radius 3 is 2.86 bits per heavy atom. The van der Waals surface area contributed by atoms with Crippen LogP contribution in [0.15, 0.2) is 23.0 Å². The van der Waals surface area contributed by atoms with Crippen molar-refractivity contribution in [1.29, 1.82) is 0 Å². The van der Waals surface area contributed by atoms with Crippen LogP contribution in [0.25, 0.3) is 0 Å². The van der Waals surface area contributed by atoms with Gasteiger partial charge in [-0.2, -0.15) is 4.98 Å². The number of nitrogens with zero attached hydrogens (tertiary/aromatic N) is 3. The fourth-order valence-electron chi connectivity index (χ4n) is 2.52. The summed E-state index contributed by atoms with van der Waals surface area (Å²) in [5.74, 6) is 1.48. The highest BCUT2D eigenvalue weighted by Gasteiger charge is 2.12. The van der Waals surface area contributed by atoms with Gasteiger partial charge in [-0.05, 0) is 31.0 Å². The van der Waals surface area contributed by atoms with Crippen LogP contribution in [0.3, 0.4) is 0 Å². The summed E-state index contributed by atoms with van der Waals surface area (Å²) in [5, 5.41) is 7.57. The van der Waals surface area contributed by atoms with Crippen LogP contribution in [0, 0.1) is 0 Å². The summed E-state index contributed by atoms with van der Waals surface area (Å²) < 4.78 is 7.34. The van der Waals surface area contributed by atoms with Crippen LogP contribution in [0.5, 0.6) is 0 Å². The molecule has 116 valence electrons. The van der Waals surface area contributed by atoms with E-state index in [2.05, 4.69) is 59.3 Å². The van der Waals surface area contributed by atoms with Gasteiger partial charge in [0.15, 0.2) is 5.82 Å². The fraction of sp³-hybridized carbons (Fsp3) is 0.625. The minimum atomic E-state index is 0.433. The number of rotatable bonds is 9. The molecule has 0 aromatic carbocycles. The Hall–Kier alpha value is -1.62. The quantitative estimate of drug-likeness (QED) is 0.769. The largest absolute Gasteiger partial charge is 0.346 e. The molecule has 2 aromatic rings. The van der Waals surface area contributed by atoms with Crippen molar-refractivity contribution in [2.45, 2.75) is 59.0 Å². The molecule has 0 saturated heterocycles. The van der Waals surface area contributed by atoms with Gasteiger partial charge in [-0.25, -0.2) is 0 Å². The minimum absolute atomic E-state index is 0.433. The standard InChI is InChI=1S/C16H26N4O/c1-4-7-14(17-6-3)13-9-10-20(11-13)12-15-18-16(8-5-2)21-19-15/h9-11,14,17H,4-8,12H2,1-3H3. The predicted molar refractivity (Wildman–Crippen MR) is 83.2 cm³/mol. The highest BCUT2D eigenvalue weighted by atomic mass is 16.5. The zero-order valence-electron chi connectivity index (χ0n) is 13.3. The molecule has 0 aliphatic rings. The molecule has 2 heterocycles. The average molecular weight is 290 g/mol. The van der Waals surface area contributed by atoms with Gasteiger partial charge >= 0.3 is 0 Å². The van der Waals surface area contributed by atoms with E-state index in [0.717, 1.165) is 37.5 Å². The van der Waals surface area contributed by atoms with E-state index in [0.29, 0.717) is 12.6 Å². The molecule has 0 radical (unpaired) electrons. The molecular weight excluding hydrogens is 264 g/mol. The lowest BCUT2D eigenvalue weighted by atomic mass is 10.1. The van der Waals surface area contributed by atoms with Crippen LogP contribution in [0.2, 0.25) is 0 Å². The van der Waals surface area contributed by atoms with Crippen molar-refractivity contribution in [2.75, 3.05) is 6.54 Å². The van der Waals surface area contributed by atoms with Gasteiger partial charge in [-0.15, -0.1) is 0 Å². The van der Waals surface area contributed by atoms with Crippen molar-refractivity contribution in [1.82, 2.24) is 20.0 Å². The van der Waals surface area contributed by atoms with Gasteiger partial charge in [0, 0.05) is 24.9 Å². The van der Waals surface area contributed by atoms with Gasteiger partial charge in [0.2, 0.25) is 5.89 Å². The first-order valence-corrected chi connectivity index (χ1v) is 7.97. The SMILES string of the molecule is CCCc1nc(Cn2ccc(C(CCC)NCC)c2)no1. The lowest BCUT2D eigenvalue weighted by Gasteiger charge is -2.15. The fourth-order valence-corrected chi connectivity index (χ4v) is 2.52. The van der Waals surface area contributed by atoms with Crippen LogP contribution < -0.4 is 5.32 Å². The molecule has 0 aliphatic carbocycles. The molecular formula is C16H26N4O. The highest BCUT2D eigenvalue weighted by Crippen LogP contribution is 2.19. The van der Waals surface area contributed by atoms with E-state index < -0.39 is 0 Å². The van der Waals surface area contributed by atoms with E-state index in [9.17, 15) is 0 Å². The van der Waals surface area contributed by atoms with Crippen molar-refractivity contribution in [3.63, 3.8) is 0 Å². The lowest BCUT2D eigenvalue weighted by molar-refractivity contribution is 0.371. The number of nitrogens with one attached hydrogen (secondary N) is 1. The lowest BCUT2D eigenvalue weighted by Crippen LogP contribution is -2.20. The molecule has 0 saturated carbocycles. The smallest absolute Gasteiger partial charge is 0.226 e. The molecule has 0 spiro atoms. The summed E-state index contributed by atoms with van der Waals surface area (Å²) in [6.45, 7) is 8.13. The Morgan fingerprint density at radius 1 is 1.29 bits per heavy atom. The summed E-state index contributed by atoms with van der Waals surface area (Å²) in [6.07, 6.45) is 8.47. The minimum Gasteiger partial charge on any atom is -0.346 e. The van der Waals surface area contributed by atoms with E-state index in [4.69, 9.17) is 4.52 Å². The summed E-state index contributed by atoms with van der Waals surface area (Å²) in [4.78, 5) is 4.41. The van der Waals surface area contributed by atoms with Gasteiger partial charge in [0.05, 0.1) is 6.54 Å². The van der Waals surface area contributed by atoms with Crippen LogP contribution in [-0.4, -0.2) is 21.3 Å². The zero-order valence-corrected chi connectivity index (χ0v) is 13.3. The maximum atomic E-state index is 5.22. The average Bonchev–Trinajstić information content (AvgIpc) is 3.09. The Kier molecular flexibility index (Phi) is 5.99. The van der Waals surface area contributed by atoms with Crippen LogP contribution in [0.1, 0.15) is 63.4 Å². The van der Waals surface area contributed by atoms with Crippen molar-refractivity contribution in [2.24, 2.45) is 0 Å². The summed E-state index contributed by atoms with van der Waals surface area (Å²) in [5.41, 5.74) is 1.33. The molecule has 1 atom stereocenters. The normalized spacial score (nSPS) is 12.7. The van der Waals surface area contributed by atoms with E-state index in [1.54, 1.807) is 0 Å². The molecule has 5 heteroatoms. The molecule has 0 fully saturated rings. The molecule has 1 unspecified atom stereocenters. The maximum absolute atomic E-state index is 5.22. The molecule has 0 bridgehead atoms. The third-order valence-electron chi connectivity index (χ3n) is 3.50. The van der Waals surface area contributed by atoms with Gasteiger partial charge < -0.3 is 14.4 Å². The molecule has 0 aliphatic heterocycles. The van der Waals surface area contributed by atoms with E-state index in [1.165, 1.54) is 12.0 Å². The first kappa shape index (κ1) is 15.8. The second-order valence-corrected chi connectivity index (χ2v) is 5.37. The van der Waals surface area contributed by atoms with Gasteiger partial charge in [-0.1, -0.05) is 32.3 Å². The van der Waals surface area contributed by atoms with Crippen molar-refractivity contribution < 1.29 is 4.52 Å². The number of aryl methyl sites for hydroxylation is 1. The van der Waals surface area contributed by atoms with Gasteiger partial charge in [0.25, 0.3) is 0 Å². The van der Waals surface area contributed by atoms with Crippen LogP contribution >= 0.6 is 0 Å². The second-order valence-electron chi connectivity index (χ2n) is 5.37. The number of hydrogen-bond acceptors (Lipinski definition) is 4. The summed E-state index contributed by atoms with van der Waals surface area (Å²) >= 11 is 0. The van der Waals surface area contributed by atoms with Crippen LogP contribution in [-0.2, 0) is 13.0 Å². The molecule has 21 heavy (non-hydrogen) atoms. The zero-order chi connectivity index (χ0) is 15.1. The van der Waals surface area contributed by atoms with Crippen LogP contribution in [0.4, 0.5) is 0 Å². The third kappa shape index (κ3) is 4.43. The first-order valence-electron chi connectivity index (χ1n) is 7.97. The van der Waals surface area contributed by atoms with Gasteiger partial charge in [-0.3, -0.25) is 0 Å². The van der Waals surface area contributed by atoms with E-state index >= 15 is 0 Å². The number of hydrogen-bond donors (Lipinski definition) is 1. The maximum Gasteiger partial charge on any atom is 0.226 e. The third-order valence-corrected chi connectivity index (χ3v) is 3.50. The molecule has 0 amide bonds. The first-order chi connectivity index (χ1) is 10.3. The Labute approximate surface area is 126 Å². The number of aromatic nitrogens is 3. The predicted octanol–water partition coefficient (Wildman–Crippen LogP) is 3.32. The molecule has 1 N–H and O–H groups in total. The molecule has 5 nitrogen and oxygen atoms in total. The van der Waals surface area contributed by atoms with Crippen molar-refractivity contribution >= 4 is 0 Å². The Morgan fingerprint density at radius 2 is 2.14 bits per heavy atom. The molecule has 2 rings (SSSR count). The van der Waals surface area contributed by atoms with Crippen molar-refractivity contribution in [3.05, 3.63) is 35.7 Å².